The molecule has 0 aliphatic carbocycles. The van der Waals surface area contributed by atoms with Gasteiger partial charge < -0.3 is 19.3 Å². The quantitative estimate of drug-likeness (QED) is 0.791. The summed E-state index contributed by atoms with van der Waals surface area (Å²) in [6.07, 6.45) is 2.52. The topological polar surface area (TPSA) is 67.8 Å². The van der Waals surface area contributed by atoms with E-state index in [0.717, 1.165) is 13.0 Å². The van der Waals surface area contributed by atoms with E-state index in [2.05, 4.69) is 9.97 Å². The Hall–Kier alpha value is -1.89. The zero-order valence-corrected chi connectivity index (χ0v) is 12.2. The second-order valence-corrected chi connectivity index (χ2v) is 5.27. The molecule has 7 nitrogen and oxygen atoms in total. The molecular formula is C14H20N4O3. The predicted molar refractivity (Wildman–Crippen MR) is 76.3 cm³/mol. The van der Waals surface area contributed by atoms with Gasteiger partial charge in [0.05, 0.1) is 26.2 Å². The Bertz CT molecular complexity index is 505. The molecular weight excluding hydrogens is 272 g/mol. The minimum Gasteiger partial charge on any atom is -0.481 e. The fourth-order valence-corrected chi connectivity index (χ4v) is 2.78. The zero-order chi connectivity index (χ0) is 14.7. The van der Waals surface area contributed by atoms with Crippen LogP contribution >= 0.6 is 0 Å². The summed E-state index contributed by atoms with van der Waals surface area (Å²) < 4.78 is 10.4. The van der Waals surface area contributed by atoms with Gasteiger partial charge in [-0.15, -0.1) is 0 Å². The van der Waals surface area contributed by atoms with Crippen molar-refractivity contribution < 1.29 is 14.3 Å². The highest BCUT2D eigenvalue weighted by atomic mass is 16.5. The van der Waals surface area contributed by atoms with Crippen molar-refractivity contribution in [3.05, 3.63) is 12.3 Å². The number of ether oxygens (including phenoxy) is 2. The maximum Gasteiger partial charge on any atom is 0.228 e. The molecule has 2 aliphatic heterocycles. The monoisotopic (exact) mass is 292 g/mol. The molecule has 2 fully saturated rings. The Balaban J connectivity index is 1.63. The smallest absolute Gasteiger partial charge is 0.228 e. The van der Waals surface area contributed by atoms with E-state index >= 15 is 0 Å². The number of hydrogen-bond acceptors (Lipinski definition) is 6. The molecule has 7 heteroatoms. The van der Waals surface area contributed by atoms with E-state index in [-0.39, 0.29) is 11.8 Å². The molecule has 0 aromatic carbocycles. The lowest BCUT2D eigenvalue weighted by molar-refractivity contribution is -0.138. The van der Waals surface area contributed by atoms with Crippen LogP contribution in [0.4, 0.5) is 5.95 Å². The molecule has 1 unspecified atom stereocenters. The van der Waals surface area contributed by atoms with Gasteiger partial charge in [-0.25, -0.2) is 4.98 Å². The van der Waals surface area contributed by atoms with Gasteiger partial charge in [-0.05, 0) is 6.42 Å². The molecule has 1 amide bonds. The lowest BCUT2D eigenvalue weighted by Gasteiger charge is -2.29. The SMILES string of the molecule is COc1ccnc(N2CCC(C(=O)N3CCOCC3)C2)n1. The Morgan fingerprint density at radius 2 is 2.19 bits per heavy atom. The van der Waals surface area contributed by atoms with Crippen molar-refractivity contribution in [2.24, 2.45) is 5.92 Å². The van der Waals surface area contributed by atoms with Gasteiger partial charge >= 0.3 is 0 Å². The van der Waals surface area contributed by atoms with E-state index in [1.54, 1.807) is 19.4 Å². The normalized spacial score (nSPS) is 22.4. The van der Waals surface area contributed by atoms with Crippen LogP contribution in [0.1, 0.15) is 6.42 Å². The first-order chi connectivity index (χ1) is 10.3. The molecule has 1 aromatic rings. The third-order valence-electron chi connectivity index (χ3n) is 3.97. The van der Waals surface area contributed by atoms with E-state index < -0.39 is 0 Å². The van der Waals surface area contributed by atoms with Crippen molar-refractivity contribution in [2.75, 3.05) is 51.4 Å². The van der Waals surface area contributed by atoms with Crippen LogP contribution < -0.4 is 9.64 Å². The predicted octanol–water partition coefficient (Wildman–Crippen LogP) is 0.170. The lowest BCUT2D eigenvalue weighted by Crippen LogP contribution is -2.44. The summed E-state index contributed by atoms with van der Waals surface area (Å²) >= 11 is 0. The number of aromatic nitrogens is 2. The first-order valence-corrected chi connectivity index (χ1v) is 7.26. The molecule has 2 saturated heterocycles. The van der Waals surface area contributed by atoms with Gasteiger partial charge in [-0.2, -0.15) is 4.98 Å². The first-order valence-electron chi connectivity index (χ1n) is 7.26. The number of nitrogens with zero attached hydrogens (tertiary/aromatic N) is 4. The molecule has 114 valence electrons. The number of rotatable bonds is 3. The summed E-state index contributed by atoms with van der Waals surface area (Å²) in [6, 6.07) is 1.72. The van der Waals surface area contributed by atoms with Crippen LogP contribution in [0, 0.1) is 5.92 Å². The average Bonchev–Trinajstić information content (AvgIpc) is 3.05. The van der Waals surface area contributed by atoms with Crippen LogP contribution in [0.5, 0.6) is 5.88 Å². The summed E-state index contributed by atoms with van der Waals surface area (Å²) in [4.78, 5) is 25.0. The van der Waals surface area contributed by atoms with Gasteiger partial charge in [-0.1, -0.05) is 0 Å². The summed E-state index contributed by atoms with van der Waals surface area (Å²) in [5.74, 6) is 1.43. The van der Waals surface area contributed by atoms with Crippen LogP contribution in [-0.4, -0.2) is 67.3 Å². The van der Waals surface area contributed by atoms with Crippen LogP contribution in [-0.2, 0) is 9.53 Å². The molecule has 0 bridgehead atoms. The second kappa shape index (κ2) is 6.26. The van der Waals surface area contributed by atoms with Crippen molar-refractivity contribution in [2.45, 2.75) is 6.42 Å². The minimum atomic E-state index is 0.0258. The summed E-state index contributed by atoms with van der Waals surface area (Å²) in [6.45, 7) is 4.15. The van der Waals surface area contributed by atoms with Gasteiger partial charge in [0.15, 0.2) is 0 Å². The molecule has 0 saturated carbocycles. The van der Waals surface area contributed by atoms with Crippen molar-refractivity contribution >= 4 is 11.9 Å². The van der Waals surface area contributed by atoms with Gasteiger partial charge in [0.25, 0.3) is 0 Å². The second-order valence-electron chi connectivity index (χ2n) is 5.27. The molecule has 0 spiro atoms. The Labute approximate surface area is 123 Å². The maximum atomic E-state index is 12.5. The number of morpholine rings is 1. The molecule has 3 rings (SSSR count). The molecule has 0 N–H and O–H groups in total. The highest BCUT2D eigenvalue weighted by Crippen LogP contribution is 2.23. The van der Waals surface area contributed by atoms with E-state index in [0.29, 0.717) is 44.7 Å². The average molecular weight is 292 g/mol. The highest BCUT2D eigenvalue weighted by molar-refractivity contribution is 5.80. The van der Waals surface area contributed by atoms with E-state index in [1.807, 2.05) is 9.80 Å². The summed E-state index contributed by atoms with van der Waals surface area (Å²) in [5, 5.41) is 0. The number of amides is 1. The van der Waals surface area contributed by atoms with E-state index in [9.17, 15) is 4.79 Å². The van der Waals surface area contributed by atoms with Crippen LogP contribution in [0.2, 0.25) is 0 Å². The van der Waals surface area contributed by atoms with E-state index in [4.69, 9.17) is 9.47 Å². The third-order valence-corrected chi connectivity index (χ3v) is 3.97. The molecule has 21 heavy (non-hydrogen) atoms. The Morgan fingerprint density at radius 3 is 2.95 bits per heavy atom. The molecule has 1 aromatic heterocycles. The zero-order valence-electron chi connectivity index (χ0n) is 12.2. The fourth-order valence-electron chi connectivity index (χ4n) is 2.78. The third kappa shape index (κ3) is 3.07. The van der Waals surface area contributed by atoms with Crippen molar-refractivity contribution in [1.29, 1.82) is 0 Å². The summed E-state index contributed by atoms with van der Waals surface area (Å²) in [7, 11) is 1.58. The minimum absolute atomic E-state index is 0.0258. The van der Waals surface area contributed by atoms with Crippen molar-refractivity contribution in [1.82, 2.24) is 14.9 Å². The fraction of sp³-hybridized carbons (Fsp3) is 0.643. The lowest BCUT2D eigenvalue weighted by atomic mass is 10.1. The van der Waals surface area contributed by atoms with Crippen LogP contribution in [0.25, 0.3) is 0 Å². The van der Waals surface area contributed by atoms with Gasteiger partial charge in [0.2, 0.25) is 17.7 Å². The maximum absolute atomic E-state index is 12.5. The van der Waals surface area contributed by atoms with E-state index in [1.165, 1.54) is 0 Å². The van der Waals surface area contributed by atoms with Gasteiger partial charge in [0.1, 0.15) is 0 Å². The first kappa shape index (κ1) is 14.1. The van der Waals surface area contributed by atoms with Crippen molar-refractivity contribution in [3.8, 4) is 5.88 Å². The number of anilines is 1. The number of carbonyl (C=O) groups is 1. The molecule has 0 radical (unpaired) electrons. The Kier molecular flexibility index (Phi) is 4.19. The molecule has 2 aliphatic rings. The largest absolute Gasteiger partial charge is 0.481 e. The van der Waals surface area contributed by atoms with Crippen LogP contribution in [0.15, 0.2) is 12.3 Å². The highest BCUT2D eigenvalue weighted by Gasteiger charge is 2.33. The van der Waals surface area contributed by atoms with Gasteiger partial charge in [-0.3, -0.25) is 4.79 Å². The number of methoxy groups -OCH3 is 1. The number of carbonyl (C=O) groups excluding carboxylic acids is 1. The summed E-state index contributed by atoms with van der Waals surface area (Å²) in [5.41, 5.74) is 0. The van der Waals surface area contributed by atoms with Crippen molar-refractivity contribution in [3.63, 3.8) is 0 Å². The van der Waals surface area contributed by atoms with Crippen LogP contribution in [0.3, 0.4) is 0 Å². The number of hydrogen-bond donors (Lipinski definition) is 0. The van der Waals surface area contributed by atoms with Gasteiger partial charge in [0, 0.05) is 38.4 Å². The standard InChI is InChI=1S/C14H20N4O3/c1-20-12-2-4-15-14(16-12)18-5-3-11(10-18)13(19)17-6-8-21-9-7-17/h2,4,11H,3,5-10H2,1H3. The Morgan fingerprint density at radius 1 is 1.38 bits per heavy atom. The molecule has 1 atom stereocenters. The molecule has 3 heterocycles.